The van der Waals surface area contributed by atoms with Gasteiger partial charge >= 0.3 is 6.09 Å². The highest BCUT2D eigenvalue weighted by Gasteiger charge is 2.32. The Kier molecular flexibility index (Phi) is 4.56. The summed E-state index contributed by atoms with van der Waals surface area (Å²) in [6.45, 7) is 6.51. The molecule has 1 saturated heterocycles. The molecule has 0 unspecified atom stereocenters. The smallest absolute Gasteiger partial charge is 0.410 e. The normalized spacial score (nSPS) is 20.4. The van der Waals surface area contributed by atoms with Gasteiger partial charge in [0, 0.05) is 11.4 Å². The summed E-state index contributed by atoms with van der Waals surface area (Å²) in [6, 6.07) is 4.31. The van der Waals surface area contributed by atoms with Crippen molar-refractivity contribution >= 4 is 33.4 Å². The van der Waals surface area contributed by atoms with Gasteiger partial charge in [-0.05, 0) is 68.1 Å². The van der Waals surface area contributed by atoms with Crippen LogP contribution in [0.25, 0.3) is 0 Å². The van der Waals surface area contributed by atoms with Crippen LogP contribution in [0.1, 0.15) is 51.0 Å². The molecule has 0 bridgehead atoms. The summed E-state index contributed by atoms with van der Waals surface area (Å²) in [6.07, 6.45) is 3.05. The van der Waals surface area contributed by atoms with Crippen LogP contribution in [0.4, 0.5) is 4.79 Å². The van der Waals surface area contributed by atoms with E-state index < -0.39 is 5.60 Å². The molecule has 106 valence electrons. The quantitative estimate of drug-likeness (QED) is 0.718. The van der Waals surface area contributed by atoms with Gasteiger partial charge in [0.05, 0.1) is 9.83 Å². The molecule has 19 heavy (non-hydrogen) atoms. The number of hydrogen-bond acceptors (Lipinski definition) is 3. The maximum Gasteiger partial charge on any atom is 0.410 e. The molecular weight excluding hydrogens is 326 g/mol. The number of likely N-dealkylation sites (tertiary alicyclic amines) is 1. The number of thiophene rings is 1. The summed E-state index contributed by atoms with van der Waals surface area (Å²) in [5.41, 5.74) is -0.435. The van der Waals surface area contributed by atoms with Crippen molar-refractivity contribution in [1.82, 2.24) is 4.90 Å². The number of amides is 1. The van der Waals surface area contributed by atoms with E-state index in [0.29, 0.717) is 0 Å². The molecule has 1 aromatic rings. The first-order valence-electron chi connectivity index (χ1n) is 6.62. The van der Waals surface area contributed by atoms with Crippen molar-refractivity contribution in [3.8, 4) is 0 Å². The summed E-state index contributed by atoms with van der Waals surface area (Å²) < 4.78 is 6.62. The lowest BCUT2D eigenvalue weighted by Crippen LogP contribution is -2.41. The highest BCUT2D eigenvalue weighted by Crippen LogP contribution is 2.37. The largest absolute Gasteiger partial charge is 0.444 e. The Balaban J connectivity index is 2.14. The maximum atomic E-state index is 12.3. The number of carbonyl (C=O) groups is 1. The summed E-state index contributed by atoms with van der Waals surface area (Å²) in [5, 5.41) is 0. The molecule has 5 heteroatoms. The van der Waals surface area contributed by atoms with Gasteiger partial charge < -0.3 is 9.64 Å². The maximum absolute atomic E-state index is 12.3. The summed E-state index contributed by atoms with van der Waals surface area (Å²) in [4.78, 5) is 15.4. The fraction of sp³-hybridized carbons (Fsp3) is 0.643. The zero-order valence-electron chi connectivity index (χ0n) is 11.6. The molecule has 1 fully saturated rings. The van der Waals surface area contributed by atoms with Crippen molar-refractivity contribution in [1.29, 1.82) is 0 Å². The summed E-state index contributed by atoms with van der Waals surface area (Å²) >= 11 is 5.19. The van der Waals surface area contributed by atoms with Crippen LogP contribution in [0.15, 0.2) is 15.9 Å². The van der Waals surface area contributed by atoms with Gasteiger partial charge in [0.25, 0.3) is 0 Å². The van der Waals surface area contributed by atoms with Crippen molar-refractivity contribution in [3.05, 3.63) is 20.8 Å². The minimum absolute atomic E-state index is 0.167. The fourth-order valence-corrected chi connectivity index (χ4v) is 3.85. The molecule has 0 N–H and O–H groups in total. The van der Waals surface area contributed by atoms with Crippen LogP contribution >= 0.6 is 27.3 Å². The molecule has 1 aliphatic rings. The number of hydrogen-bond donors (Lipinski definition) is 0. The number of halogens is 1. The Morgan fingerprint density at radius 3 is 2.74 bits per heavy atom. The second-order valence-corrected chi connectivity index (χ2v) is 8.32. The fourth-order valence-electron chi connectivity index (χ4n) is 2.27. The van der Waals surface area contributed by atoms with Gasteiger partial charge in [0.2, 0.25) is 0 Å². The van der Waals surface area contributed by atoms with E-state index in [2.05, 4.69) is 22.0 Å². The van der Waals surface area contributed by atoms with Crippen LogP contribution in [0.5, 0.6) is 0 Å². The molecule has 0 radical (unpaired) electrons. The Labute approximate surface area is 127 Å². The lowest BCUT2D eigenvalue weighted by molar-refractivity contribution is 0.00994. The average molecular weight is 346 g/mol. The third kappa shape index (κ3) is 3.96. The third-order valence-electron chi connectivity index (χ3n) is 3.05. The number of carbonyl (C=O) groups excluding carboxylic acids is 1. The van der Waals surface area contributed by atoms with Gasteiger partial charge in [-0.3, -0.25) is 0 Å². The second kappa shape index (κ2) is 5.83. The van der Waals surface area contributed by atoms with E-state index in [0.717, 1.165) is 23.2 Å². The predicted octanol–water partition coefficient (Wildman–Crippen LogP) is 4.97. The van der Waals surface area contributed by atoms with Gasteiger partial charge in [0.1, 0.15) is 5.60 Å². The minimum atomic E-state index is -0.435. The molecule has 0 aliphatic carbocycles. The Morgan fingerprint density at radius 1 is 1.42 bits per heavy atom. The van der Waals surface area contributed by atoms with Gasteiger partial charge in [-0.2, -0.15) is 0 Å². The molecular formula is C14H20BrNO2S. The highest BCUT2D eigenvalue weighted by molar-refractivity contribution is 9.11. The Morgan fingerprint density at radius 2 is 2.16 bits per heavy atom. The second-order valence-electron chi connectivity index (χ2n) is 5.83. The van der Waals surface area contributed by atoms with E-state index >= 15 is 0 Å². The standard InChI is InChI=1S/C14H20BrNO2S/c1-14(2,3)18-13(17)16-9-5-4-6-10(16)11-7-8-12(15)19-11/h7-8,10H,4-6,9H2,1-3H3/t10-/m0/s1. The van der Waals surface area contributed by atoms with Gasteiger partial charge in [-0.25, -0.2) is 4.79 Å². The van der Waals surface area contributed by atoms with Crippen LogP contribution in [0.2, 0.25) is 0 Å². The molecule has 3 nitrogen and oxygen atoms in total. The summed E-state index contributed by atoms with van der Waals surface area (Å²) in [7, 11) is 0. The van der Waals surface area contributed by atoms with E-state index in [1.165, 1.54) is 11.3 Å². The van der Waals surface area contributed by atoms with Crippen molar-refractivity contribution in [3.63, 3.8) is 0 Å². The molecule has 1 aliphatic heterocycles. The van der Waals surface area contributed by atoms with Crippen LogP contribution in [-0.4, -0.2) is 23.1 Å². The van der Waals surface area contributed by atoms with E-state index in [1.54, 1.807) is 11.3 Å². The summed E-state index contributed by atoms with van der Waals surface area (Å²) in [5.74, 6) is 0. The third-order valence-corrected chi connectivity index (χ3v) is 4.78. The Bertz CT molecular complexity index is 453. The Hall–Kier alpha value is -0.550. The van der Waals surface area contributed by atoms with Gasteiger partial charge in [-0.1, -0.05) is 0 Å². The molecule has 1 aromatic heterocycles. The SMILES string of the molecule is CC(C)(C)OC(=O)N1CCCC[C@H]1c1ccc(Br)s1. The number of piperidine rings is 1. The lowest BCUT2D eigenvalue weighted by atomic mass is 10.0. The average Bonchev–Trinajstić information content (AvgIpc) is 2.73. The number of ether oxygens (including phenoxy) is 1. The highest BCUT2D eigenvalue weighted by atomic mass is 79.9. The monoisotopic (exact) mass is 345 g/mol. The molecule has 0 spiro atoms. The van der Waals surface area contributed by atoms with E-state index in [-0.39, 0.29) is 12.1 Å². The first kappa shape index (κ1) is 14.9. The number of rotatable bonds is 1. The minimum Gasteiger partial charge on any atom is -0.444 e. The van der Waals surface area contributed by atoms with Gasteiger partial charge in [-0.15, -0.1) is 11.3 Å². The van der Waals surface area contributed by atoms with E-state index in [9.17, 15) is 4.79 Å². The molecule has 2 rings (SSSR count). The van der Waals surface area contributed by atoms with Gasteiger partial charge in [0.15, 0.2) is 0 Å². The van der Waals surface area contributed by atoms with Crippen LogP contribution in [-0.2, 0) is 4.74 Å². The first-order chi connectivity index (χ1) is 8.87. The van der Waals surface area contributed by atoms with E-state index in [1.807, 2.05) is 31.7 Å². The molecule has 0 saturated carbocycles. The zero-order valence-corrected chi connectivity index (χ0v) is 14.0. The van der Waals surface area contributed by atoms with Crippen molar-refractivity contribution in [2.24, 2.45) is 0 Å². The number of nitrogens with zero attached hydrogens (tertiary/aromatic N) is 1. The first-order valence-corrected chi connectivity index (χ1v) is 8.22. The zero-order chi connectivity index (χ0) is 14.0. The lowest BCUT2D eigenvalue weighted by Gasteiger charge is -2.36. The van der Waals surface area contributed by atoms with Crippen LogP contribution in [0.3, 0.4) is 0 Å². The van der Waals surface area contributed by atoms with Crippen molar-refractivity contribution in [2.75, 3.05) is 6.54 Å². The molecule has 1 amide bonds. The van der Waals surface area contributed by atoms with Crippen molar-refractivity contribution < 1.29 is 9.53 Å². The van der Waals surface area contributed by atoms with E-state index in [4.69, 9.17) is 4.74 Å². The molecule has 0 aromatic carbocycles. The van der Waals surface area contributed by atoms with Crippen LogP contribution in [0, 0.1) is 0 Å². The topological polar surface area (TPSA) is 29.5 Å². The van der Waals surface area contributed by atoms with Crippen molar-refractivity contribution in [2.45, 2.75) is 51.7 Å². The molecule has 2 heterocycles. The van der Waals surface area contributed by atoms with Crippen LogP contribution < -0.4 is 0 Å². The molecule has 1 atom stereocenters. The predicted molar refractivity (Wildman–Crippen MR) is 81.6 cm³/mol.